The van der Waals surface area contributed by atoms with E-state index in [1.807, 2.05) is 12.1 Å². The van der Waals surface area contributed by atoms with Gasteiger partial charge in [-0.05, 0) is 30.3 Å². The molecule has 0 saturated carbocycles. The zero-order valence-corrected chi connectivity index (χ0v) is 13.9. The van der Waals surface area contributed by atoms with E-state index in [4.69, 9.17) is 23.2 Å². The SMILES string of the molecule is CN(Cc1ccc(Cl)s1)C(=O)c1cc(Br)ccc1Cl. The molecule has 19 heavy (non-hydrogen) atoms. The van der Waals surface area contributed by atoms with Gasteiger partial charge in [0.1, 0.15) is 0 Å². The zero-order chi connectivity index (χ0) is 14.0. The molecule has 1 amide bonds. The van der Waals surface area contributed by atoms with E-state index in [9.17, 15) is 4.79 Å². The Bertz CT molecular complexity index is 614. The maximum absolute atomic E-state index is 12.3. The lowest BCUT2D eigenvalue weighted by molar-refractivity contribution is 0.0786. The summed E-state index contributed by atoms with van der Waals surface area (Å²) in [7, 11) is 1.74. The van der Waals surface area contributed by atoms with Gasteiger partial charge in [-0.2, -0.15) is 0 Å². The number of carbonyl (C=O) groups is 1. The minimum absolute atomic E-state index is 0.115. The number of thiophene rings is 1. The summed E-state index contributed by atoms with van der Waals surface area (Å²) in [6.07, 6.45) is 0. The van der Waals surface area contributed by atoms with Crippen molar-refractivity contribution in [3.05, 3.63) is 54.6 Å². The number of amides is 1. The summed E-state index contributed by atoms with van der Waals surface area (Å²) in [4.78, 5) is 15.0. The molecule has 0 fully saturated rings. The lowest BCUT2D eigenvalue weighted by Gasteiger charge is -2.17. The highest BCUT2D eigenvalue weighted by Gasteiger charge is 2.16. The van der Waals surface area contributed by atoms with Gasteiger partial charge in [0.15, 0.2) is 0 Å². The molecule has 0 bridgehead atoms. The number of nitrogens with zero attached hydrogens (tertiary/aromatic N) is 1. The van der Waals surface area contributed by atoms with E-state index in [-0.39, 0.29) is 5.91 Å². The molecule has 0 saturated heterocycles. The molecular formula is C13H10BrCl2NOS. The van der Waals surface area contributed by atoms with E-state index in [1.165, 1.54) is 11.3 Å². The van der Waals surface area contributed by atoms with Crippen molar-refractivity contribution in [3.8, 4) is 0 Å². The standard InChI is InChI=1S/C13H10BrCl2NOS/c1-17(7-9-3-5-12(16)19-9)13(18)10-6-8(14)2-4-11(10)15/h2-6H,7H2,1H3. The molecule has 1 aromatic heterocycles. The molecule has 1 aromatic carbocycles. The Kier molecular flexibility index (Phi) is 4.90. The van der Waals surface area contributed by atoms with Crippen molar-refractivity contribution in [2.24, 2.45) is 0 Å². The summed E-state index contributed by atoms with van der Waals surface area (Å²) < 4.78 is 1.55. The average Bonchev–Trinajstić information content (AvgIpc) is 2.77. The van der Waals surface area contributed by atoms with Crippen molar-refractivity contribution >= 4 is 56.4 Å². The Morgan fingerprint density at radius 2 is 2.05 bits per heavy atom. The highest BCUT2D eigenvalue weighted by atomic mass is 79.9. The smallest absolute Gasteiger partial charge is 0.255 e. The van der Waals surface area contributed by atoms with Crippen molar-refractivity contribution in [2.45, 2.75) is 6.54 Å². The van der Waals surface area contributed by atoms with Gasteiger partial charge >= 0.3 is 0 Å². The molecule has 0 aliphatic carbocycles. The fraction of sp³-hybridized carbons (Fsp3) is 0.154. The first-order valence-electron chi connectivity index (χ1n) is 5.42. The molecule has 2 rings (SSSR count). The zero-order valence-electron chi connectivity index (χ0n) is 9.99. The lowest BCUT2D eigenvalue weighted by Crippen LogP contribution is -2.26. The first kappa shape index (κ1) is 14.9. The van der Waals surface area contributed by atoms with E-state index in [2.05, 4.69) is 15.9 Å². The van der Waals surface area contributed by atoms with Gasteiger partial charge in [-0.1, -0.05) is 39.1 Å². The van der Waals surface area contributed by atoms with Crippen molar-refractivity contribution in [3.63, 3.8) is 0 Å². The molecule has 0 unspecified atom stereocenters. The van der Waals surface area contributed by atoms with E-state index in [0.717, 1.165) is 13.7 Å². The second-order valence-corrected chi connectivity index (χ2v) is 7.11. The largest absolute Gasteiger partial charge is 0.337 e. The highest BCUT2D eigenvalue weighted by molar-refractivity contribution is 9.10. The summed E-state index contributed by atoms with van der Waals surface area (Å²) in [6, 6.07) is 8.97. The Hall–Kier alpha value is -0.550. The summed E-state index contributed by atoms with van der Waals surface area (Å²) in [5, 5.41) is 0.448. The van der Waals surface area contributed by atoms with E-state index in [1.54, 1.807) is 30.1 Å². The van der Waals surface area contributed by atoms with Crippen LogP contribution >= 0.6 is 50.5 Å². The molecular weight excluding hydrogens is 369 g/mol. The summed E-state index contributed by atoms with van der Waals surface area (Å²) >= 11 is 16.7. The second kappa shape index (κ2) is 6.27. The van der Waals surface area contributed by atoms with Gasteiger partial charge < -0.3 is 4.90 Å². The van der Waals surface area contributed by atoms with Crippen molar-refractivity contribution in [2.75, 3.05) is 7.05 Å². The fourth-order valence-electron chi connectivity index (χ4n) is 1.61. The highest BCUT2D eigenvalue weighted by Crippen LogP contribution is 2.25. The Morgan fingerprint density at radius 3 is 2.68 bits per heavy atom. The van der Waals surface area contributed by atoms with Crippen molar-refractivity contribution < 1.29 is 4.79 Å². The predicted octanol–water partition coefficient (Wildman–Crippen LogP) is 5.09. The molecule has 0 radical (unpaired) electrons. The summed E-state index contributed by atoms with van der Waals surface area (Å²) in [5.74, 6) is -0.115. The normalized spacial score (nSPS) is 10.5. The minimum atomic E-state index is -0.115. The van der Waals surface area contributed by atoms with Gasteiger partial charge in [-0.3, -0.25) is 4.79 Å². The van der Waals surface area contributed by atoms with Crippen LogP contribution in [0.1, 0.15) is 15.2 Å². The lowest BCUT2D eigenvalue weighted by atomic mass is 10.2. The Labute approximate surface area is 134 Å². The molecule has 2 nitrogen and oxygen atoms in total. The molecule has 1 heterocycles. The van der Waals surface area contributed by atoms with E-state index in [0.29, 0.717) is 17.1 Å². The van der Waals surface area contributed by atoms with Gasteiger partial charge in [-0.15, -0.1) is 11.3 Å². The molecule has 0 aliphatic rings. The Morgan fingerprint density at radius 1 is 1.32 bits per heavy atom. The van der Waals surface area contributed by atoms with Gasteiger partial charge in [0.25, 0.3) is 5.91 Å². The third kappa shape index (κ3) is 3.72. The van der Waals surface area contributed by atoms with Crippen molar-refractivity contribution in [1.29, 1.82) is 0 Å². The van der Waals surface area contributed by atoms with Crippen LogP contribution in [-0.4, -0.2) is 17.9 Å². The van der Waals surface area contributed by atoms with Crippen LogP contribution in [0.3, 0.4) is 0 Å². The van der Waals surface area contributed by atoms with Gasteiger partial charge in [0, 0.05) is 16.4 Å². The van der Waals surface area contributed by atoms with Crippen LogP contribution in [-0.2, 0) is 6.54 Å². The molecule has 6 heteroatoms. The number of halogens is 3. The summed E-state index contributed by atoms with van der Waals surface area (Å²) in [6.45, 7) is 0.513. The van der Waals surface area contributed by atoms with Crippen LogP contribution < -0.4 is 0 Å². The van der Waals surface area contributed by atoms with Crippen LogP contribution in [0.15, 0.2) is 34.8 Å². The van der Waals surface area contributed by atoms with E-state index >= 15 is 0 Å². The minimum Gasteiger partial charge on any atom is -0.337 e. The molecule has 2 aromatic rings. The number of hydrogen-bond donors (Lipinski definition) is 0. The van der Waals surface area contributed by atoms with E-state index < -0.39 is 0 Å². The Balaban J connectivity index is 2.16. The number of carbonyl (C=O) groups excluding carboxylic acids is 1. The van der Waals surface area contributed by atoms with Gasteiger partial charge in [0.05, 0.1) is 21.5 Å². The molecule has 0 N–H and O–H groups in total. The monoisotopic (exact) mass is 377 g/mol. The molecule has 0 atom stereocenters. The predicted molar refractivity (Wildman–Crippen MR) is 84.3 cm³/mol. The van der Waals surface area contributed by atoms with Crippen LogP contribution in [0, 0.1) is 0 Å². The number of hydrogen-bond acceptors (Lipinski definition) is 2. The number of rotatable bonds is 3. The van der Waals surface area contributed by atoms with Crippen LogP contribution in [0.5, 0.6) is 0 Å². The summed E-state index contributed by atoms with van der Waals surface area (Å²) in [5.41, 5.74) is 0.487. The molecule has 0 spiro atoms. The second-order valence-electron chi connectivity index (χ2n) is 3.99. The van der Waals surface area contributed by atoms with Crippen LogP contribution in [0.25, 0.3) is 0 Å². The maximum Gasteiger partial charge on any atom is 0.255 e. The maximum atomic E-state index is 12.3. The first-order chi connectivity index (χ1) is 8.97. The van der Waals surface area contributed by atoms with Gasteiger partial charge in [-0.25, -0.2) is 0 Å². The topological polar surface area (TPSA) is 20.3 Å². The first-order valence-corrected chi connectivity index (χ1v) is 7.78. The molecule has 0 aliphatic heterocycles. The third-order valence-electron chi connectivity index (χ3n) is 2.53. The average molecular weight is 379 g/mol. The number of benzene rings is 1. The van der Waals surface area contributed by atoms with Crippen molar-refractivity contribution in [1.82, 2.24) is 4.90 Å². The fourth-order valence-corrected chi connectivity index (χ4v) is 3.31. The van der Waals surface area contributed by atoms with Gasteiger partial charge in [0.2, 0.25) is 0 Å². The van der Waals surface area contributed by atoms with Crippen LogP contribution in [0.2, 0.25) is 9.36 Å². The quantitative estimate of drug-likeness (QED) is 0.728. The van der Waals surface area contributed by atoms with Crippen LogP contribution in [0.4, 0.5) is 0 Å². The third-order valence-corrected chi connectivity index (χ3v) is 4.57. The molecule has 100 valence electrons.